The van der Waals surface area contributed by atoms with Crippen LogP contribution in [0.5, 0.6) is 0 Å². The smallest absolute Gasteiger partial charge is 0.379 e. The van der Waals surface area contributed by atoms with Crippen molar-refractivity contribution < 1.29 is 22.7 Å². The second kappa shape index (κ2) is 5.79. The molecule has 0 unspecified atom stereocenters. The minimum Gasteiger partial charge on any atom is -0.462 e. The number of benzene rings is 1. The number of hydrogen-bond acceptors (Lipinski definition) is 3. The monoisotopic (exact) mass is 295 g/mol. The van der Waals surface area contributed by atoms with Crippen LogP contribution in [0.15, 0.2) is 12.1 Å². The molecule has 0 aromatic heterocycles. The lowest BCUT2D eigenvalue weighted by atomic mass is 9.98. The minimum atomic E-state index is -4.06. The highest BCUT2D eigenvalue weighted by Gasteiger charge is 2.49. The third-order valence-electron chi connectivity index (χ3n) is 2.57. The summed E-state index contributed by atoms with van der Waals surface area (Å²) in [5, 5.41) is -0.264. The number of alkyl halides is 2. The van der Waals surface area contributed by atoms with E-state index in [4.69, 9.17) is 17.3 Å². The van der Waals surface area contributed by atoms with Gasteiger partial charge in [-0.2, -0.15) is 8.78 Å². The van der Waals surface area contributed by atoms with Gasteiger partial charge >= 0.3 is 11.9 Å². The van der Waals surface area contributed by atoms with Gasteiger partial charge in [0.2, 0.25) is 0 Å². The summed E-state index contributed by atoms with van der Waals surface area (Å²) < 4.78 is 45.6. The Bertz CT molecular complexity index is 494. The molecule has 1 aromatic rings. The lowest BCUT2D eigenvalue weighted by Gasteiger charge is -2.23. The molecule has 2 N–H and O–H groups in total. The summed E-state index contributed by atoms with van der Waals surface area (Å²) in [6.45, 7) is 2.52. The molecule has 0 bridgehead atoms. The molecule has 1 atom stereocenters. The first-order valence-corrected chi connectivity index (χ1v) is 5.86. The first kappa shape index (κ1) is 15.8. The molecule has 0 saturated carbocycles. The summed E-state index contributed by atoms with van der Waals surface area (Å²) in [7, 11) is 0. The molecule has 3 nitrogen and oxygen atoms in total. The van der Waals surface area contributed by atoms with E-state index in [-0.39, 0.29) is 17.2 Å². The molecule has 0 saturated heterocycles. The summed E-state index contributed by atoms with van der Waals surface area (Å²) in [5.41, 5.74) is 4.81. The van der Waals surface area contributed by atoms with E-state index in [0.717, 1.165) is 0 Å². The van der Waals surface area contributed by atoms with Gasteiger partial charge in [-0.15, -0.1) is 0 Å². The van der Waals surface area contributed by atoms with Gasteiger partial charge in [-0.25, -0.2) is 9.18 Å². The largest absolute Gasteiger partial charge is 0.462 e. The van der Waals surface area contributed by atoms with Crippen LogP contribution in [-0.2, 0) is 9.53 Å². The van der Waals surface area contributed by atoms with Gasteiger partial charge < -0.3 is 10.5 Å². The molecule has 0 aliphatic carbocycles. The first-order valence-electron chi connectivity index (χ1n) is 5.48. The molecule has 0 radical (unpaired) electrons. The zero-order valence-electron chi connectivity index (χ0n) is 10.3. The van der Waals surface area contributed by atoms with Gasteiger partial charge in [-0.1, -0.05) is 17.7 Å². The Hall–Kier alpha value is -1.27. The van der Waals surface area contributed by atoms with Crippen LogP contribution in [0, 0.1) is 12.7 Å². The van der Waals surface area contributed by atoms with Crippen LogP contribution in [-0.4, -0.2) is 18.5 Å². The fraction of sp³-hybridized carbons (Fsp3) is 0.417. The van der Waals surface area contributed by atoms with E-state index < -0.39 is 29.3 Å². The fourth-order valence-corrected chi connectivity index (χ4v) is 1.76. The van der Waals surface area contributed by atoms with Crippen molar-refractivity contribution in [1.82, 2.24) is 0 Å². The Morgan fingerprint density at radius 3 is 2.63 bits per heavy atom. The molecule has 1 rings (SSSR count). The maximum absolute atomic E-state index is 13.8. The third kappa shape index (κ3) is 3.01. The molecule has 0 aliphatic heterocycles. The van der Waals surface area contributed by atoms with Crippen LogP contribution in [0.4, 0.5) is 13.2 Å². The van der Waals surface area contributed by atoms with Crippen LogP contribution in [0.2, 0.25) is 5.02 Å². The van der Waals surface area contributed by atoms with E-state index in [1.54, 1.807) is 0 Å². The topological polar surface area (TPSA) is 52.3 Å². The Balaban J connectivity index is 3.23. The molecule has 1 aromatic carbocycles. The number of rotatable bonds is 4. The molecule has 0 spiro atoms. The number of ether oxygens (including phenoxy) is 1. The second-order valence-corrected chi connectivity index (χ2v) is 4.32. The highest BCUT2D eigenvalue weighted by Crippen LogP contribution is 2.36. The fourth-order valence-electron chi connectivity index (χ4n) is 1.50. The maximum atomic E-state index is 13.8. The van der Waals surface area contributed by atoms with Crippen molar-refractivity contribution in [3.63, 3.8) is 0 Å². The van der Waals surface area contributed by atoms with Crippen LogP contribution in [0.1, 0.15) is 24.1 Å². The van der Waals surface area contributed by atoms with Gasteiger partial charge in [0, 0.05) is 10.6 Å². The molecule has 19 heavy (non-hydrogen) atoms. The van der Waals surface area contributed by atoms with Gasteiger partial charge in [0.15, 0.2) is 0 Å². The van der Waals surface area contributed by atoms with E-state index in [1.165, 1.54) is 26.0 Å². The number of esters is 1. The van der Waals surface area contributed by atoms with Crippen LogP contribution >= 0.6 is 11.6 Å². The van der Waals surface area contributed by atoms with Crippen molar-refractivity contribution in [2.45, 2.75) is 25.8 Å². The van der Waals surface area contributed by atoms with E-state index >= 15 is 0 Å². The molecule has 0 heterocycles. The average Bonchev–Trinajstić information content (AvgIpc) is 2.34. The van der Waals surface area contributed by atoms with E-state index in [9.17, 15) is 18.0 Å². The lowest BCUT2D eigenvalue weighted by Crippen LogP contribution is -2.42. The summed E-state index contributed by atoms with van der Waals surface area (Å²) in [6.07, 6.45) is 0. The van der Waals surface area contributed by atoms with Gasteiger partial charge in [0.25, 0.3) is 0 Å². The number of carbonyl (C=O) groups excluding carboxylic acids is 1. The van der Waals surface area contributed by atoms with Gasteiger partial charge in [-0.3, -0.25) is 0 Å². The van der Waals surface area contributed by atoms with Crippen molar-refractivity contribution in [1.29, 1.82) is 0 Å². The lowest BCUT2D eigenvalue weighted by molar-refractivity contribution is -0.174. The quantitative estimate of drug-likeness (QED) is 0.869. The highest BCUT2D eigenvalue weighted by atomic mass is 35.5. The summed E-state index contributed by atoms with van der Waals surface area (Å²) in [6, 6.07) is 0.367. The SMILES string of the molecule is CCOC(=O)C(F)(F)[C@@H](N)c1c(Cl)ccc(C)c1F. The molecular weight excluding hydrogens is 283 g/mol. The molecular formula is C12H13ClF3NO2. The molecule has 0 amide bonds. The Morgan fingerprint density at radius 1 is 1.53 bits per heavy atom. The highest BCUT2D eigenvalue weighted by molar-refractivity contribution is 6.31. The Kier molecular flexibility index (Phi) is 4.81. The van der Waals surface area contributed by atoms with Crippen molar-refractivity contribution in [2.24, 2.45) is 5.73 Å². The van der Waals surface area contributed by atoms with Crippen molar-refractivity contribution in [3.8, 4) is 0 Å². The van der Waals surface area contributed by atoms with Gasteiger partial charge in [0.05, 0.1) is 6.61 Å². The molecule has 0 aliphatic rings. The van der Waals surface area contributed by atoms with Crippen molar-refractivity contribution in [3.05, 3.63) is 34.1 Å². The first-order chi connectivity index (χ1) is 8.73. The zero-order chi connectivity index (χ0) is 14.8. The molecule has 0 fully saturated rings. The summed E-state index contributed by atoms with van der Waals surface area (Å²) in [5.74, 6) is -6.82. The van der Waals surface area contributed by atoms with Crippen LogP contribution < -0.4 is 5.73 Å². The van der Waals surface area contributed by atoms with Gasteiger partial charge in [-0.05, 0) is 25.5 Å². The van der Waals surface area contributed by atoms with Gasteiger partial charge in [0.1, 0.15) is 11.9 Å². The number of carbonyl (C=O) groups is 1. The minimum absolute atomic E-state index is 0.106. The van der Waals surface area contributed by atoms with E-state index in [2.05, 4.69) is 4.74 Å². The number of hydrogen-bond donors (Lipinski definition) is 1. The molecule has 106 valence electrons. The Labute approximate surface area is 113 Å². The predicted molar refractivity (Wildman–Crippen MR) is 64.7 cm³/mol. The molecule has 7 heteroatoms. The number of aryl methyl sites for hydroxylation is 1. The Morgan fingerprint density at radius 2 is 2.11 bits per heavy atom. The second-order valence-electron chi connectivity index (χ2n) is 3.91. The van der Waals surface area contributed by atoms with Crippen LogP contribution in [0.25, 0.3) is 0 Å². The normalized spacial score (nSPS) is 13.2. The van der Waals surface area contributed by atoms with E-state index in [1.807, 2.05) is 0 Å². The number of nitrogens with two attached hydrogens (primary N) is 1. The maximum Gasteiger partial charge on any atom is 0.379 e. The summed E-state index contributed by atoms with van der Waals surface area (Å²) >= 11 is 5.68. The predicted octanol–water partition coefficient (Wildman–Crippen LogP) is 2.99. The third-order valence-corrected chi connectivity index (χ3v) is 2.90. The average molecular weight is 296 g/mol. The summed E-state index contributed by atoms with van der Waals surface area (Å²) in [4.78, 5) is 11.2. The van der Waals surface area contributed by atoms with Crippen molar-refractivity contribution >= 4 is 17.6 Å². The van der Waals surface area contributed by atoms with Crippen molar-refractivity contribution in [2.75, 3.05) is 6.61 Å². The zero-order valence-corrected chi connectivity index (χ0v) is 11.1. The van der Waals surface area contributed by atoms with Crippen LogP contribution in [0.3, 0.4) is 0 Å². The standard InChI is InChI=1S/C12H13ClF3NO2/c1-3-19-11(18)12(15,16)10(17)8-7(13)5-4-6(2)9(8)14/h4-5,10H,3,17H2,1-2H3/t10-/m0/s1. The number of halogens is 4. The van der Waals surface area contributed by atoms with E-state index in [0.29, 0.717) is 0 Å².